The number of carbonyl (C=O) groups excluding carboxylic acids is 2. The van der Waals surface area contributed by atoms with Gasteiger partial charge in [0.2, 0.25) is 0 Å². The number of benzene rings is 2. The number of hydrogen-bond donors (Lipinski definition) is 2. The molecule has 0 aromatic heterocycles. The molecule has 2 amide bonds. The number of rotatable bonds is 3. The summed E-state index contributed by atoms with van der Waals surface area (Å²) in [4.78, 5) is 23.6. The molecule has 0 spiro atoms. The Hall–Kier alpha value is -2.82. The molecule has 0 bridgehead atoms. The maximum absolute atomic E-state index is 12.3. The molecule has 5 heteroatoms. The van der Waals surface area contributed by atoms with Gasteiger partial charge < -0.3 is 15.4 Å². The summed E-state index contributed by atoms with van der Waals surface area (Å²) in [7, 11) is 0. The smallest absolute Gasteiger partial charge is 0.262 e. The molecule has 5 nitrogen and oxygen atoms in total. The van der Waals surface area contributed by atoms with Crippen LogP contribution in [-0.4, -0.2) is 18.4 Å². The minimum atomic E-state index is -0.230. The fraction of sp³-hybridized carbons (Fsp3) is 0.176. The van der Waals surface area contributed by atoms with Crippen LogP contribution >= 0.6 is 0 Å². The van der Waals surface area contributed by atoms with Gasteiger partial charge in [-0.25, -0.2) is 0 Å². The van der Waals surface area contributed by atoms with Gasteiger partial charge in [-0.1, -0.05) is 19.1 Å². The van der Waals surface area contributed by atoms with Gasteiger partial charge in [0.15, 0.2) is 6.61 Å². The highest BCUT2D eigenvalue weighted by Gasteiger charge is 2.17. The molecule has 0 radical (unpaired) electrons. The fourth-order valence-electron chi connectivity index (χ4n) is 2.25. The van der Waals surface area contributed by atoms with E-state index in [9.17, 15) is 9.59 Å². The average molecular weight is 296 g/mol. The van der Waals surface area contributed by atoms with Crippen LogP contribution in [0, 0.1) is 0 Å². The van der Waals surface area contributed by atoms with Crippen molar-refractivity contribution in [3.8, 4) is 5.75 Å². The van der Waals surface area contributed by atoms with E-state index in [0.29, 0.717) is 17.0 Å². The summed E-state index contributed by atoms with van der Waals surface area (Å²) in [6, 6.07) is 12.7. The zero-order valence-electron chi connectivity index (χ0n) is 12.2. The summed E-state index contributed by atoms with van der Waals surface area (Å²) in [5, 5.41) is 5.53. The predicted molar refractivity (Wildman–Crippen MR) is 84.3 cm³/mol. The second-order valence-electron chi connectivity index (χ2n) is 5.05. The molecular formula is C17H16N2O3. The molecule has 22 heavy (non-hydrogen) atoms. The van der Waals surface area contributed by atoms with Crippen molar-refractivity contribution in [1.29, 1.82) is 0 Å². The van der Waals surface area contributed by atoms with Crippen LogP contribution in [0.1, 0.15) is 22.8 Å². The first-order chi connectivity index (χ1) is 10.7. The highest BCUT2D eigenvalue weighted by molar-refractivity contribution is 6.06. The van der Waals surface area contributed by atoms with Crippen molar-refractivity contribution in [2.24, 2.45) is 0 Å². The number of hydrogen-bond acceptors (Lipinski definition) is 3. The lowest BCUT2D eigenvalue weighted by atomic mass is 10.1. The van der Waals surface area contributed by atoms with Crippen molar-refractivity contribution in [3.63, 3.8) is 0 Å². The van der Waals surface area contributed by atoms with E-state index >= 15 is 0 Å². The van der Waals surface area contributed by atoms with Crippen molar-refractivity contribution >= 4 is 23.2 Å². The maximum Gasteiger partial charge on any atom is 0.262 e. The molecule has 0 saturated heterocycles. The first-order valence-corrected chi connectivity index (χ1v) is 7.12. The largest absolute Gasteiger partial charge is 0.482 e. The van der Waals surface area contributed by atoms with Crippen molar-refractivity contribution < 1.29 is 14.3 Å². The third-order valence-corrected chi connectivity index (χ3v) is 3.49. The highest BCUT2D eigenvalue weighted by atomic mass is 16.5. The molecule has 1 aliphatic rings. The van der Waals surface area contributed by atoms with E-state index in [1.54, 1.807) is 18.2 Å². The van der Waals surface area contributed by atoms with Crippen molar-refractivity contribution in [2.45, 2.75) is 13.3 Å². The summed E-state index contributed by atoms with van der Waals surface area (Å²) in [5.74, 6) is 0.121. The summed E-state index contributed by atoms with van der Waals surface area (Å²) in [5.41, 5.74) is 2.93. The number of anilines is 2. The average Bonchev–Trinajstić information content (AvgIpc) is 2.54. The van der Waals surface area contributed by atoms with Crippen LogP contribution in [0.4, 0.5) is 11.4 Å². The van der Waals surface area contributed by atoms with Gasteiger partial charge >= 0.3 is 0 Å². The van der Waals surface area contributed by atoms with E-state index in [-0.39, 0.29) is 18.4 Å². The molecule has 1 aliphatic heterocycles. The van der Waals surface area contributed by atoms with E-state index in [1.165, 1.54) is 5.56 Å². The van der Waals surface area contributed by atoms with Gasteiger partial charge in [-0.05, 0) is 42.3 Å². The lowest BCUT2D eigenvalue weighted by molar-refractivity contribution is -0.118. The van der Waals surface area contributed by atoms with E-state index in [2.05, 4.69) is 17.6 Å². The standard InChI is InChI=1S/C17H16N2O3/c1-2-11-3-6-13(7-4-11)18-17(21)12-5-8-15-14(9-12)19-16(20)10-22-15/h3-9H,2,10H2,1H3,(H,18,21)(H,19,20). The molecular weight excluding hydrogens is 280 g/mol. The van der Waals surface area contributed by atoms with Crippen LogP contribution in [0.15, 0.2) is 42.5 Å². The number of ether oxygens (including phenoxy) is 1. The Bertz CT molecular complexity index is 723. The third kappa shape index (κ3) is 2.93. The molecule has 2 N–H and O–H groups in total. The van der Waals surface area contributed by atoms with Crippen LogP contribution in [-0.2, 0) is 11.2 Å². The molecule has 0 aliphatic carbocycles. The Morgan fingerprint density at radius 3 is 2.73 bits per heavy atom. The Balaban J connectivity index is 1.77. The Labute approximate surface area is 128 Å². The van der Waals surface area contributed by atoms with E-state index in [4.69, 9.17) is 4.74 Å². The Kier molecular flexibility index (Phi) is 3.78. The SMILES string of the molecule is CCc1ccc(NC(=O)c2ccc3c(c2)NC(=O)CO3)cc1. The number of aryl methyl sites for hydroxylation is 1. The molecule has 0 fully saturated rings. The molecule has 0 atom stereocenters. The summed E-state index contributed by atoms with van der Waals surface area (Å²) >= 11 is 0. The van der Waals surface area contributed by atoms with Gasteiger partial charge in [-0.2, -0.15) is 0 Å². The second-order valence-corrected chi connectivity index (χ2v) is 5.05. The molecule has 112 valence electrons. The van der Waals surface area contributed by atoms with Gasteiger partial charge in [-0.15, -0.1) is 0 Å². The molecule has 2 aromatic rings. The van der Waals surface area contributed by atoms with E-state index in [1.807, 2.05) is 24.3 Å². The fourth-order valence-corrected chi connectivity index (χ4v) is 2.25. The van der Waals surface area contributed by atoms with Crippen molar-refractivity contribution in [3.05, 3.63) is 53.6 Å². The van der Waals surface area contributed by atoms with Gasteiger partial charge in [0, 0.05) is 11.3 Å². The van der Waals surface area contributed by atoms with Crippen LogP contribution in [0.3, 0.4) is 0 Å². The number of carbonyl (C=O) groups is 2. The van der Waals surface area contributed by atoms with E-state index < -0.39 is 0 Å². The molecule has 1 heterocycles. The quantitative estimate of drug-likeness (QED) is 0.915. The van der Waals surface area contributed by atoms with Crippen LogP contribution < -0.4 is 15.4 Å². The third-order valence-electron chi connectivity index (χ3n) is 3.49. The van der Waals surface area contributed by atoms with Gasteiger partial charge in [0.1, 0.15) is 5.75 Å². The number of nitrogens with one attached hydrogen (secondary N) is 2. The van der Waals surface area contributed by atoms with Crippen LogP contribution in [0.5, 0.6) is 5.75 Å². The minimum Gasteiger partial charge on any atom is -0.482 e. The summed E-state index contributed by atoms with van der Waals surface area (Å²) in [6.07, 6.45) is 0.957. The van der Waals surface area contributed by atoms with Gasteiger partial charge in [-0.3, -0.25) is 9.59 Å². The second kappa shape index (κ2) is 5.89. The monoisotopic (exact) mass is 296 g/mol. The Morgan fingerprint density at radius 2 is 2.00 bits per heavy atom. The highest BCUT2D eigenvalue weighted by Crippen LogP contribution is 2.28. The van der Waals surface area contributed by atoms with E-state index in [0.717, 1.165) is 12.1 Å². The minimum absolute atomic E-state index is 0.00230. The number of fused-ring (bicyclic) bond motifs is 1. The van der Waals surface area contributed by atoms with Crippen LogP contribution in [0.2, 0.25) is 0 Å². The zero-order valence-corrected chi connectivity index (χ0v) is 12.2. The van der Waals surface area contributed by atoms with Gasteiger partial charge in [0.25, 0.3) is 11.8 Å². The zero-order chi connectivity index (χ0) is 15.5. The predicted octanol–water partition coefficient (Wildman–Crippen LogP) is 2.83. The topological polar surface area (TPSA) is 67.4 Å². The molecule has 0 unspecified atom stereocenters. The molecule has 3 rings (SSSR count). The summed E-state index contributed by atoms with van der Waals surface area (Å²) < 4.78 is 5.27. The summed E-state index contributed by atoms with van der Waals surface area (Å²) in [6.45, 7) is 2.08. The molecule has 2 aromatic carbocycles. The van der Waals surface area contributed by atoms with Crippen molar-refractivity contribution in [2.75, 3.05) is 17.2 Å². The lowest BCUT2D eigenvalue weighted by Crippen LogP contribution is -2.25. The molecule has 0 saturated carbocycles. The normalized spacial score (nSPS) is 12.9. The first-order valence-electron chi connectivity index (χ1n) is 7.12. The van der Waals surface area contributed by atoms with Crippen LogP contribution in [0.25, 0.3) is 0 Å². The number of amides is 2. The maximum atomic E-state index is 12.3. The van der Waals surface area contributed by atoms with Crippen molar-refractivity contribution in [1.82, 2.24) is 0 Å². The van der Waals surface area contributed by atoms with Gasteiger partial charge in [0.05, 0.1) is 5.69 Å². The lowest BCUT2D eigenvalue weighted by Gasteiger charge is -2.18. The Morgan fingerprint density at radius 1 is 1.23 bits per heavy atom. The first kappa shape index (κ1) is 14.1.